The number of hydrogen-bond acceptors (Lipinski definition) is 12. The molecule has 4 rings (SSSR count). The smallest absolute Gasteiger partial charge is 0.221 e. The molecule has 0 saturated carbocycles. The fourth-order valence-electron chi connectivity index (χ4n) is 4.21. The van der Waals surface area contributed by atoms with Crippen LogP contribution in [0.1, 0.15) is 30.7 Å². The van der Waals surface area contributed by atoms with Crippen molar-refractivity contribution >= 4 is 62.4 Å². The molecule has 2 aromatic carbocycles. The summed E-state index contributed by atoms with van der Waals surface area (Å²) < 4.78 is 4.11. The predicted octanol–water partition coefficient (Wildman–Crippen LogP) is 5.73. The van der Waals surface area contributed by atoms with Gasteiger partial charge in [-0.1, -0.05) is 12.1 Å². The molecule has 0 bridgehead atoms. The molecule has 0 aliphatic carbocycles. The Morgan fingerprint density at radius 1 is 1.02 bits per heavy atom. The first-order valence-corrected chi connectivity index (χ1v) is 14.8. The average Bonchev–Trinajstić information content (AvgIpc) is 3.58. The summed E-state index contributed by atoms with van der Waals surface area (Å²) in [5.74, 6) is 0.286. The van der Waals surface area contributed by atoms with Crippen LogP contribution in [0.25, 0.3) is 5.57 Å². The molecule has 232 valence electrons. The van der Waals surface area contributed by atoms with Crippen molar-refractivity contribution in [2.45, 2.75) is 20.8 Å². The lowest BCUT2D eigenvalue weighted by Gasteiger charge is -2.18. The third kappa shape index (κ3) is 8.37. The number of Topliss-reactive ketones (excluding diaryl/α,β-unsaturated/α-hetero) is 1. The van der Waals surface area contributed by atoms with Crippen molar-refractivity contribution in [3.8, 4) is 12.1 Å². The molecule has 1 aliphatic rings. The average molecular weight is 625 g/mol. The lowest BCUT2D eigenvalue weighted by molar-refractivity contribution is -0.114. The number of nitrogens with one attached hydrogen (secondary N) is 1. The molecule has 0 atom stereocenters. The Hall–Kier alpha value is -5.40. The highest BCUT2D eigenvalue weighted by Gasteiger charge is 2.28. The highest BCUT2D eigenvalue weighted by molar-refractivity contribution is 7.10. The van der Waals surface area contributed by atoms with Crippen molar-refractivity contribution in [1.82, 2.24) is 9.27 Å². The summed E-state index contributed by atoms with van der Waals surface area (Å²) in [6, 6.07) is 17.4. The number of anilines is 3. The maximum absolute atomic E-state index is 12.1. The van der Waals surface area contributed by atoms with Gasteiger partial charge in [0.05, 0.1) is 22.5 Å². The molecular formula is C32H36N10O2S. The van der Waals surface area contributed by atoms with Gasteiger partial charge < -0.3 is 20.0 Å². The molecule has 0 unspecified atom stereocenters. The number of benzene rings is 2. The number of amidine groups is 1. The summed E-state index contributed by atoms with van der Waals surface area (Å²) in [7, 11) is 9.52. The van der Waals surface area contributed by atoms with E-state index in [1.807, 2.05) is 88.4 Å². The second-order valence-corrected chi connectivity index (χ2v) is 11.2. The Morgan fingerprint density at radius 3 is 2.24 bits per heavy atom. The van der Waals surface area contributed by atoms with Crippen LogP contribution in [-0.2, 0) is 9.59 Å². The van der Waals surface area contributed by atoms with Gasteiger partial charge in [-0.2, -0.15) is 14.9 Å². The number of aliphatic imine (C=N–C) groups is 1. The van der Waals surface area contributed by atoms with Crippen LogP contribution in [0.5, 0.6) is 0 Å². The van der Waals surface area contributed by atoms with Crippen LogP contribution in [0.4, 0.5) is 27.8 Å². The van der Waals surface area contributed by atoms with E-state index in [-0.39, 0.29) is 18.2 Å². The van der Waals surface area contributed by atoms with Crippen molar-refractivity contribution in [3.63, 3.8) is 0 Å². The summed E-state index contributed by atoms with van der Waals surface area (Å²) >= 11 is 1.12. The van der Waals surface area contributed by atoms with Crippen LogP contribution >= 0.6 is 11.5 Å². The Morgan fingerprint density at radius 2 is 1.69 bits per heavy atom. The SMILES string of the molecule is CCN(C)c1ccc(N=Nc2snc(C)c2C#N)c(NC(C)=O)c1.CN(C)C1=NCC(=O)C1=C(C#N)c1ccc(N(C)C)cc1. The number of rotatable bonds is 7. The molecule has 0 saturated heterocycles. The van der Waals surface area contributed by atoms with Gasteiger partial charge in [-0.3, -0.25) is 14.6 Å². The number of nitrogens with zero attached hydrogens (tertiary/aromatic N) is 9. The minimum atomic E-state index is -0.186. The first-order chi connectivity index (χ1) is 21.4. The number of nitriles is 2. The first kappa shape index (κ1) is 34.1. The summed E-state index contributed by atoms with van der Waals surface area (Å²) in [6.07, 6.45) is 0. The van der Waals surface area contributed by atoms with E-state index in [1.54, 1.807) is 17.9 Å². The molecule has 1 amide bonds. The fourth-order valence-corrected chi connectivity index (χ4v) is 4.89. The number of carbonyl (C=O) groups is 2. The van der Waals surface area contributed by atoms with Crippen molar-refractivity contribution < 1.29 is 9.59 Å². The van der Waals surface area contributed by atoms with Crippen molar-refractivity contribution in [2.24, 2.45) is 15.2 Å². The zero-order valence-electron chi connectivity index (χ0n) is 26.7. The van der Waals surface area contributed by atoms with Crippen LogP contribution < -0.4 is 15.1 Å². The summed E-state index contributed by atoms with van der Waals surface area (Å²) in [4.78, 5) is 33.5. The quantitative estimate of drug-likeness (QED) is 0.199. The number of allylic oxidation sites excluding steroid dienone is 1. The van der Waals surface area contributed by atoms with Crippen LogP contribution in [0.2, 0.25) is 0 Å². The molecule has 2 heterocycles. The maximum Gasteiger partial charge on any atom is 0.221 e. The number of azo groups is 1. The van der Waals surface area contributed by atoms with E-state index >= 15 is 0 Å². The number of ketones is 1. The van der Waals surface area contributed by atoms with E-state index in [0.717, 1.165) is 35.0 Å². The van der Waals surface area contributed by atoms with Gasteiger partial charge in [0.1, 0.15) is 35.8 Å². The molecule has 0 radical (unpaired) electrons. The molecule has 45 heavy (non-hydrogen) atoms. The van der Waals surface area contributed by atoms with Crippen molar-refractivity contribution in [1.29, 1.82) is 10.5 Å². The molecular weight excluding hydrogens is 588 g/mol. The summed E-state index contributed by atoms with van der Waals surface area (Å²) in [5, 5.41) is 30.2. The standard InChI is InChI=1S/C16H18N6OS.C16H18N4O/c1-5-22(4)12-6-7-14(15(8-12)18-11(3)23)19-20-16-13(9-17)10(2)21-24-16;1-19(2)12-7-5-11(6-8-12)13(9-17)15-14(21)10-18-16(15)20(3)4/h6-8H,5H2,1-4H3,(H,18,23);5-8H,10H2,1-4H3. The molecule has 1 aliphatic heterocycles. The highest BCUT2D eigenvalue weighted by Crippen LogP contribution is 2.34. The van der Waals surface area contributed by atoms with Gasteiger partial charge in [0.2, 0.25) is 5.91 Å². The molecule has 1 N–H and O–H groups in total. The number of likely N-dealkylation sites (N-methyl/N-ethyl adjacent to an activating group) is 1. The van der Waals surface area contributed by atoms with Gasteiger partial charge >= 0.3 is 0 Å². The van der Waals surface area contributed by atoms with E-state index in [4.69, 9.17) is 5.26 Å². The van der Waals surface area contributed by atoms with E-state index < -0.39 is 0 Å². The molecule has 1 aromatic heterocycles. The fraction of sp³-hybridized carbons (Fsp3) is 0.312. The largest absolute Gasteiger partial charge is 0.378 e. The predicted molar refractivity (Wildman–Crippen MR) is 180 cm³/mol. The zero-order chi connectivity index (χ0) is 33.3. The number of aromatic nitrogens is 1. The van der Waals surface area contributed by atoms with Gasteiger partial charge in [-0.15, -0.1) is 10.2 Å². The minimum Gasteiger partial charge on any atom is -0.378 e. The topological polar surface area (TPSA) is 153 Å². The molecule has 13 heteroatoms. The molecule has 12 nitrogen and oxygen atoms in total. The van der Waals surface area contributed by atoms with E-state index in [9.17, 15) is 14.9 Å². The van der Waals surface area contributed by atoms with Gasteiger partial charge in [-0.25, -0.2) is 0 Å². The normalized spacial score (nSPS) is 13.3. The second kappa shape index (κ2) is 15.4. The lowest BCUT2D eigenvalue weighted by Crippen LogP contribution is -2.24. The van der Waals surface area contributed by atoms with Gasteiger partial charge in [0.15, 0.2) is 10.8 Å². The van der Waals surface area contributed by atoms with Crippen molar-refractivity contribution in [3.05, 3.63) is 64.9 Å². The number of amides is 1. The molecule has 0 spiro atoms. The van der Waals surface area contributed by atoms with Gasteiger partial charge in [0.25, 0.3) is 0 Å². The highest BCUT2D eigenvalue weighted by atomic mass is 32.1. The zero-order valence-corrected chi connectivity index (χ0v) is 27.5. The Bertz CT molecular complexity index is 1740. The first-order valence-electron chi connectivity index (χ1n) is 14.0. The van der Waals surface area contributed by atoms with Crippen LogP contribution in [-0.4, -0.2) is 75.1 Å². The summed E-state index contributed by atoms with van der Waals surface area (Å²) in [5.41, 5.74) is 5.70. The van der Waals surface area contributed by atoms with Gasteiger partial charge in [0, 0.05) is 60.1 Å². The van der Waals surface area contributed by atoms with E-state index in [1.165, 1.54) is 6.92 Å². The Balaban J connectivity index is 0.000000248. The second-order valence-electron chi connectivity index (χ2n) is 10.4. The molecule has 3 aromatic rings. The van der Waals surface area contributed by atoms with Crippen molar-refractivity contribution in [2.75, 3.05) is 63.4 Å². The monoisotopic (exact) mass is 624 g/mol. The van der Waals surface area contributed by atoms with Crippen LogP contribution in [0.15, 0.2) is 63.3 Å². The molecule has 0 fully saturated rings. The number of hydrogen-bond donors (Lipinski definition) is 1. The van der Waals surface area contributed by atoms with Crippen LogP contribution in [0.3, 0.4) is 0 Å². The Labute approximate surface area is 267 Å². The van der Waals surface area contributed by atoms with Crippen LogP contribution in [0, 0.1) is 29.6 Å². The number of carbonyl (C=O) groups excluding carboxylic acids is 2. The van der Waals surface area contributed by atoms with Gasteiger partial charge in [-0.05, 0) is 61.3 Å². The third-order valence-electron chi connectivity index (χ3n) is 6.74. The summed E-state index contributed by atoms with van der Waals surface area (Å²) in [6.45, 7) is 6.20. The van der Waals surface area contributed by atoms with E-state index in [0.29, 0.717) is 44.6 Å². The Kier molecular flexibility index (Phi) is 11.6. The lowest BCUT2D eigenvalue weighted by atomic mass is 9.98. The van der Waals surface area contributed by atoms with E-state index in [2.05, 4.69) is 37.0 Å². The minimum absolute atomic E-state index is 0.105. The number of aryl methyl sites for hydroxylation is 1. The third-order valence-corrected chi connectivity index (χ3v) is 7.57. The maximum atomic E-state index is 12.1.